The summed E-state index contributed by atoms with van der Waals surface area (Å²) < 4.78 is 11.2. The Hall–Kier alpha value is -2.24. The first-order valence-electron chi connectivity index (χ1n) is 9.56. The van der Waals surface area contributed by atoms with Crippen LogP contribution in [0.3, 0.4) is 0 Å². The van der Waals surface area contributed by atoms with Gasteiger partial charge in [-0.05, 0) is 61.7 Å². The van der Waals surface area contributed by atoms with E-state index >= 15 is 0 Å². The lowest BCUT2D eigenvalue weighted by Crippen LogP contribution is -2.41. The van der Waals surface area contributed by atoms with E-state index in [1.54, 1.807) is 7.11 Å². The van der Waals surface area contributed by atoms with Gasteiger partial charge in [-0.15, -0.1) is 0 Å². The molecule has 1 N–H and O–H groups in total. The molecule has 0 amide bonds. The number of ether oxygens (including phenoxy) is 2. The highest BCUT2D eigenvalue weighted by Gasteiger charge is 2.31. The van der Waals surface area contributed by atoms with Crippen LogP contribution >= 0.6 is 11.6 Å². The lowest BCUT2D eigenvalue weighted by molar-refractivity contribution is -0.143. The summed E-state index contributed by atoms with van der Waals surface area (Å²) >= 11 is 6.26. The molecule has 2 atom stereocenters. The normalized spacial score (nSPS) is 18.5. The van der Waals surface area contributed by atoms with Crippen molar-refractivity contribution in [3.05, 3.63) is 58.6 Å². The molecule has 0 radical (unpaired) electrons. The molecule has 0 saturated carbocycles. The van der Waals surface area contributed by atoms with Gasteiger partial charge in [0.1, 0.15) is 0 Å². The first-order valence-corrected chi connectivity index (χ1v) is 9.94. The number of rotatable bonds is 7. The predicted molar refractivity (Wildman–Crippen MR) is 109 cm³/mol. The quantitative estimate of drug-likeness (QED) is 0.730. The molecule has 1 heterocycles. The summed E-state index contributed by atoms with van der Waals surface area (Å²) in [6, 6.07) is 13.5. The minimum atomic E-state index is -0.737. The molecule has 0 aliphatic carbocycles. The van der Waals surface area contributed by atoms with Gasteiger partial charge in [0, 0.05) is 11.6 Å². The Balaban J connectivity index is 2.03. The third kappa shape index (κ3) is 4.59. The van der Waals surface area contributed by atoms with E-state index in [4.69, 9.17) is 21.1 Å². The Kier molecular flexibility index (Phi) is 6.81. The lowest BCUT2D eigenvalue weighted by atomic mass is 9.91. The highest BCUT2D eigenvalue weighted by molar-refractivity contribution is 6.30. The molecular formula is C22H26ClNO4. The number of likely N-dealkylation sites (tertiary alicyclic amines) is 1. The van der Waals surface area contributed by atoms with Crippen LogP contribution in [0.5, 0.6) is 11.5 Å². The van der Waals surface area contributed by atoms with E-state index in [1.165, 1.54) is 0 Å². The van der Waals surface area contributed by atoms with Gasteiger partial charge in [-0.25, -0.2) is 0 Å². The number of aliphatic carboxylic acids is 1. The standard InChI is InChI=1S/C22H26ClNO4/c1-3-28-19-10-9-16(13-20(19)27-2)21(15-6-4-8-18(23)12-15)24-11-5-7-17(14-24)22(25)26/h4,6,8-10,12-13,17,21H,3,5,7,11,14H2,1-2H3,(H,25,26). The van der Waals surface area contributed by atoms with Crippen molar-refractivity contribution in [3.63, 3.8) is 0 Å². The van der Waals surface area contributed by atoms with Crippen LogP contribution in [-0.4, -0.2) is 42.8 Å². The van der Waals surface area contributed by atoms with Crippen LogP contribution in [0, 0.1) is 5.92 Å². The van der Waals surface area contributed by atoms with Gasteiger partial charge in [-0.1, -0.05) is 29.8 Å². The number of nitrogens with zero attached hydrogens (tertiary/aromatic N) is 1. The number of carboxylic acids is 1. The number of methoxy groups -OCH3 is 1. The minimum absolute atomic E-state index is 0.106. The van der Waals surface area contributed by atoms with E-state index < -0.39 is 5.97 Å². The van der Waals surface area contributed by atoms with Gasteiger partial charge in [0.15, 0.2) is 11.5 Å². The second-order valence-electron chi connectivity index (χ2n) is 6.97. The summed E-state index contributed by atoms with van der Waals surface area (Å²) in [5, 5.41) is 10.2. The van der Waals surface area contributed by atoms with E-state index in [0.29, 0.717) is 36.1 Å². The molecule has 2 unspecified atom stereocenters. The Labute approximate surface area is 170 Å². The average molecular weight is 404 g/mol. The van der Waals surface area contributed by atoms with Gasteiger partial charge in [-0.2, -0.15) is 0 Å². The largest absolute Gasteiger partial charge is 0.493 e. The molecule has 1 aliphatic rings. The molecule has 150 valence electrons. The zero-order chi connectivity index (χ0) is 20.1. The van der Waals surface area contributed by atoms with Crippen LogP contribution in [0.2, 0.25) is 5.02 Å². The van der Waals surface area contributed by atoms with Crippen LogP contribution in [0.4, 0.5) is 0 Å². The van der Waals surface area contributed by atoms with Crippen molar-refractivity contribution in [2.24, 2.45) is 5.92 Å². The molecule has 5 nitrogen and oxygen atoms in total. The summed E-state index contributed by atoms with van der Waals surface area (Å²) in [6.07, 6.45) is 1.56. The van der Waals surface area contributed by atoms with E-state index in [9.17, 15) is 9.90 Å². The molecule has 0 aromatic heterocycles. The maximum absolute atomic E-state index is 11.6. The Bertz CT molecular complexity index is 826. The van der Waals surface area contributed by atoms with Gasteiger partial charge in [0.25, 0.3) is 0 Å². The molecule has 2 aromatic rings. The maximum Gasteiger partial charge on any atom is 0.307 e. The van der Waals surface area contributed by atoms with Gasteiger partial charge in [0.05, 0.1) is 25.7 Å². The topological polar surface area (TPSA) is 59.0 Å². The fourth-order valence-corrected chi connectivity index (χ4v) is 4.06. The highest BCUT2D eigenvalue weighted by Crippen LogP contribution is 2.37. The Morgan fingerprint density at radius 1 is 1.25 bits per heavy atom. The molecule has 2 aromatic carbocycles. The summed E-state index contributed by atoms with van der Waals surface area (Å²) in [7, 11) is 1.62. The first kappa shape index (κ1) is 20.5. The van der Waals surface area contributed by atoms with Gasteiger partial charge >= 0.3 is 5.97 Å². The second kappa shape index (κ2) is 9.30. The van der Waals surface area contributed by atoms with Crippen molar-refractivity contribution in [1.29, 1.82) is 0 Å². The SMILES string of the molecule is CCOc1ccc(C(c2cccc(Cl)c2)N2CCCC(C(=O)O)C2)cc1OC. The van der Waals surface area contributed by atoms with Crippen LogP contribution in [0.15, 0.2) is 42.5 Å². The molecule has 3 rings (SSSR count). The summed E-state index contributed by atoms with van der Waals surface area (Å²) in [4.78, 5) is 13.8. The highest BCUT2D eigenvalue weighted by atomic mass is 35.5. The van der Waals surface area contributed by atoms with Crippen molar-refractivity contribution in [1.82, 2.24) is 4.90 Å². The molecule has 1 fully saturated rings. The number of hydrogen-bond acceptors (Lipinski definition) is 4. The van der Waals surface area contributed by atoms with Crippen molar-refractivity contribution >= 4 is 17.6 Å². The fourth-order valence-electron chi connectivity index (χ4n) is 3.86. The lowest BCUT2D eigenvalue weighted by Gasteiger charge is -2.37. The molecular weight excluding hydrogens is 378 g/mol. The summed E-state index contributed by atoms with van der Waals surface area (Å²) in [6.45, 7) is 3.82. The van der Waals surface area contributed by atoms with Crippen LogP contribution in [-0.2, 0) is 4.79 Å². The molecule has 1 saturated heterocycles. The van der Waals surface area contributed by atoms with E-state index in [-0.39, 0.29) is 12.0 Å². The average Bonchev–Trinajstić information content (AvgIpc) is 2.69. The van der Waals surface area contributed by atoms with Crippen LogP contribution in [0.1, 0.15) is 36.9 Å². The molecule has 1 aliphatic heterocycles. The van der Waals surface area contributed by atoms with Crippen molar-refractivity contribution in [3.8, 4) is 11.5 Å². The van der Waals surface area contributed by atoms with Crippen molar-refractivity contribution in [2.45, 2.75) is 25.8 Å². The molecule has 0 spiro atoms. The van der Waals surface area contributed by atoms with Gasteiger partial charge in [-0.3, -0.25) is 9.69 Å². The van der Waals surface area contributed by atoms with Crippen LogP contribution < -0.4 is 9.47 Å². The maximum atomic E-state index is 11.6. The van der Waals surface area contributed by atoms with E-state index in [0.717, 1.165) is 24.1 Å². The fraction of sp³-hybridized carbons (Fsp3) is 0.409. The predicted octanol–water partition coefficient (Wildman–Crippen LogP) is 4.63. The molecule has 28 heavy (non-hydrogen) atoms. The Morgan fingerprint density at radius 2 is 2.04 bits per heavy atom. The minimum Gasteiger partial charge on any atom is -0.493 e. The number of piperidine rings is 1. The first-order chi connectivity index (χ1) is 13.5. The summed E-state index contributed by atoms with van der Waals surface area (Å²) in [5.74, 6) is 0.262. The van der Waals surface area contributed by atoms with Gasteiger partial charge < -0.3 is 14.6 Å². The van der Waals surface area contributed by atoms with E-state index in [1.807, 2.05) is 49.4 Å². The number of benzene rings is 2. The third-order valence-electron chi connectivity index (χ3n) is 5.13. The molecule has 6 heteroatoms. The number of carboxylic acid groups (broad SMARTS) is 1. The van der Waals surface area contributed by atoms with Crippen molar-refractivity contribution < 1.29 is 19.4 Å². The molecule has 0 bridgehead atoms. The summed E-state index contributed by atoms with van der Waals surface area (Å²) in [5.41, 5.74) is 2.05. The Morgan fingerprint density at radius 3 is 2.71 bits per heavy atom. The zero-order valence-corrected chi connectivity index (χ0v) is 17.0. The smallest absolute Gasteiger partial charge is 0.307 e. The second-order valence-corrected chi connectivity index (χ2v) is 7.41. The monoisotopic (exact) mass is 403 g/mol. The number of carbonyl (C=O) groups is 1. The van der Waals surface area contributed by atoms with Gasteiger partial charge in [0.2, 0.25) is 0 Å². The van der Waals surface area contributed by atoms with E-state index in [2.05, 4.69) is 4.90 Å². The number of halogens is 1. The van der Waals surface area contributed by atoms with Crippen LogP contribution in [0.25, 0.3) is 0 Å². The zero-order valence-electron chi connectivity index (χ0n) is 16.2. The van der Waals surface area contributed by atoms with Crippen molar-refractivity contribution in [2.75, 3.05) is 26.8 Å². The number of hydrogen-bond donors (Lipinski definition) is 1. The third-order valence-corrected chi connectivity index (χ3v) is 5.37.